The molecule has 1 saturated carbocycles. The molecule has 0 spiro atoms. The number of rotatable bonds is 6. The molecule has 1 aliphatic carbocycles. The van der Waals surface area contributed by atoms with E-state index in [1.54, 1.807) is 0 Å². The number of carbonyl (C=O) groups is 1. The van der Waals surface area contributed by atoms with Crippen molar-refractivity contribution in [1.29, 1.82) is 0 Å². The minimum absolute atomic E-state index is 0.407. The molecule has 3 nitrogen and oxygen atoms in total. The Morgan fingerprint density at radius 2 is 1.95 bits per heavy atom. The van der Waals surface area contributed by atoms with Gasteiger partial charge < -0.3 is 10.6 Å². The molecule has 2 N–H and O–H groups in total. The SMILES string of the molecule is NCCCCCCC(=O)N1CCS[C@@H]2CCCC[C@@H]21. The van der Waals surface area contributed by atoms with E-state index in [9.17, 15) is 4.79 Å². The number of carbonyl (C=O) groups excluding carboxylic acids is 1. The highest BCUT2D eigenvalue weighted by Gasteiger charge is 2.35. The maximum absolute atomic E-state index is 12.4. The quantitative estimate of drug-likeness (QED) is 0.763. The Bertz CT molecular complexity index is 283. The second kappa shape index (κ2) is 8.15. The third-order valence-electron chi connectivity index (χ3n) is 4.40. The molecule has 0 bridgehead atoms. The Morgan fingerprint density at radius 3 is 2.79 bits per heavy atom. The van der Waals surface area contributed by atoms with E-state index in [2.05, 4.69) is 16.7 Å². The summed E-state index contributed by atoms with van der Waals surface area (Å²) in [4.78, 5) is 14.6. The van der Waals surface area contributed by atoms with Gasteiger partial charge in [0.1, 0.15) is 0 Å². The smallest absolute Gasteiger partial charge is 0.222 e. The van der Waals surface area contributed by atoms with Gasteiger partial charge in [-0.15, -0.1) is 0 Å². The molecule has 110 valence electrons. The molecular formula is C15H28N2OS. The normalized spacial score (nSPS) is 27.1. The van der Waals surface area contributed by atoms with Crippen LogP contribution in [-0.2, 0) is 4.79 Å². The van der Waals surface area contributed by atoms with E-state index in [0.29, 0.717) is 11.9 Å². The maximum Gasteiger partial charge on any atom is 0.222 e. The van der Waals surface area contributed by atoms with Crippen LogP contribution in [0.3, 0.4) is 0 Å². The molecule has 0 unspecified atom stereocenters. The van der Waals surface area contributed by atoms with Crippen LogP contribution in [0.4, 0.5) is 0 Å². The Morgan fingerprint density at radius 1 is 1.16 bits per heavy atom. The number of nitrogens with two attached hydrogens (primary N) is 1. The lowest BCUT2D eigenvalue weighted by molar-refractivity contribution is -0.134. The zero-order valence-corrected chi connectivity index (χ0v) is 12.8. The molecular weight excluding hydrogens is 256 g/mol. The molecule has 2 fully saturated rings. The van der Waals surface area contributed by atoms with Crippen LogP contribution in [0.2, 0.25) is 0 Å². The number of amides is 1. The minimum atomic E-state index is 0.407. The molecule has 1 saturated heterocycles. The lowest BCUT2D eigenvalue weighted by Crippen LogP contribution is -2.51. The van der Waals surface area contributed by atoms with Crippen LogP contribution in [0.5, 0.6) is 0 Å². The van der Waals surface area contributed by atoms with Crippen molar-refractivity contribution >= 4 is 17.7 Å². The third kappa shape index (κ3) is 4.38. The summed E-state index contributed by atoms with van der Waals surface area (Å²) < 4.78 is 0. The van der Waals surface area contributed by atoms with Crippen LogP contribution in [0.25, 0.3) is 0 Å². The van der Waals surface area contributed by atoms with Gasteiger partial charge in [0.2, 0.25) is 5.91 Å². The average Bonchev–Trinajstić information content (AvgIpc) is 2.46. The summed E-state index contributed by atoms with van der Waals surface area (Å²) in [7, 11) is 0. The summed E-state index contributed by atoms with van der Waals surface area (Å²) >= 11 is 2.10. The molecule has 2 rings (SSSR count). The first kappa shape index (κ1) is 15.2. The Balaban J connectivity index is 1.74. The van der Waals surface area contributed by atoms with Crippen LogP contribution < -0.4 is 5.73 Å². The van der Waals surface area contributed by atoms with E-state index in [-0.39, 0.29) is 0 Å². The summed E-state index contributed by atoms with van der Waals surface area (Å²) in [5, 5.41) is 0.726. The Labute approximate surface area is 121 Å². The molecule has 0 aromatic rings. The number of nitrogens with zero attached hydrogens (tertiary/aromatic N) is 1. The highest BCUT2D eigenvalue weighted by Crippen LogP contribution is 2.35. The Hall–Kier alpha value is -0.220. The number of hydrogen-bond acceptors (Lipinski definition) is 3. The topological polar surface area (TPSA) is 46.3 Å². The molecule has 1 heterocycles. The van der Waals surface area contributed by atoms with Crippen molar-refractivity contribution in [1.82, 2.24) is 4.90 Å². The standard InChI is InChI=1S/C15H28N2OS/c16-10-6-2-1-3-9-15(18)17-11-12-19-14-8-5-4-7-13(14)17/h13-14H,1-12,16H2/t13-,14+/m0/s1. The predicted molar refractivity (Wildman–Crippen MR) is 82.4 cm³/mol. The molecule has 2 atom stereocenters. The number of fused-ring (bicyclic) bond motifs is 1. The fraction of sp³-hybridized carbons (Fsp3) is 0.933. The first-order valence-corrected chi connectivity index (χ1v) is 8.99. The monoisotopic (exact) mass is 284 g/mol. The van der Waals surface area contributed by atoms with Gasteiger partial charge in [-0.05, 0) is 32.2 Å². The zero-order valence-electron chi connectivity index (χ0n) is 12.0. The lowest BCUT2D eigenvalue weighted by atomic mass is 9.93. The van der Waals surface area contributed by atoms with Gasteiger partial charge in [-0.2, -0.15) is 11.8 Å². The van der Waals surface area contributed by atoms with Crippen LogP contribution in [-0.4, -0.2) is 40.9 Å². The second-order valence-corrected chi connectivity index (χ2v) is 7.15. The maximum atomic E-state index is 12.4. The molecule has 2 aliphatic rings. The average molecular weight is 284 g/mol. The van der Waals surface area contributed by atoms with E-state index in [4.69, 9.17) is 5.73 Å². The lowest BCUT2D eigenvalue weighted by Gasteiger charge is -2.43. The van der Waals surface area contributed by atoms with Crippen molar-refractivity contribution in [3.05, 3.63) is 0 Å². The van der Waals surface area contributed by atoms with Crippen molar-refractivity contribution < 1.29 is 4.79 Å². The highest BCUT2D eigenvalue weighted by atomic mass is 32.2. The first-order chi connectivity index (χ1) is 9.33. The molecule has 4 heteroatoms. The summed E-state index contributed by atoms with van der Waals surface area (Å²) in [6, 6.07) is 0.545. The summed E-state index contributed by atoms with van der Waals surface area (Å²) in [5.41, 5.74) is 5.48. The van der Waals surface area contributed by atoms with Crippen LogP contribution in [0.1, 0.15) is 57.8 Å². The largest absolute Gasteiger partial charge is 0.338 e. The van der Waals surface area contributed by atoms with E-state index < -0.39 is 0 Å². The molecule has 0 radical (unpaired) electrons. The number of hydrogen-bond donors (Lipinski definition) is 1. The highest BCUT2D eigenvalue weighted by molar-refractivity contribution is 8.00. The van der Waals surface area contributed by atoms with Crippen molar-refractivity contribution in [2.45, 2.75) is 69.1 Å². The molecule has 19 heavy (non-hydrogen) atoms. The van der Waals surface area contributed by atoms with Crippen LogP contribution >= 0.6 is 11.8 Å². The van der Waals surface area contributed by atoms with Crippen LogP contribution in [0, 0.1) is 0 Å². The van der Waals surface area contributed by atoms with Crippen molar-refractivity contribution in [3.63, 3.8) is 0 Å². The number of thioether (sulfide) groups is 1. The van der Waals surface area contributed by atoms with E-state index >= 15 is 0 Å². The van der Waals surface area contributed by atoms with Gasteiger partial charge in [-0.3, -0.25) is 4.79 Å². The van der Waals surface area contributed by atoms with E-state index in [1.807, 2.05) is 0 Å². The third-order valence-corrected chi connectivity index (χ3v) is 5.79. The summed E-state index contributed by atoms with van der Waals surface area (Å²) in [6.07, 6.45) is 10.4. The van der Waals surface area contributed by atoms with Crippen LogP contribution in [0.15, 0.2) is 0 Å². The van der Waals surface area contributed by atoms with Crippen molar-refractivity contribution in [2.75, 3.05) is 18.8 Å². The van der Waals surface area contributed by atoms with Gasteiger partial charge in [-0.1, -0.05) is 25.7 Å². The van der Waals surface area contributed by atoms with Crippen molar-refractivity contribution in [3.8, 4) is 0 Å². The fourth-order valence-corrected chi connectivity index (χ4v) is 4.77. The molecule has 1 aliphatic heterocycles. The van der Waals surface area contributed by atoms with E-state index in [0.717, 1.165) is 49.8 Å². The minimum Gasteiger partial charge on any atom is -0.338 e. The molecule has 1 amide bonds. The number of unbranched alkanes of at least 4 members (excludes halogenated alkanes) is 3. The van der Waals surface area contributed by atoms with E-state index in [1.165, 1.54) is 32.1 Å². The summed E-state index contributed by atoms with van der Waals surface area (Å²) in [6.45, 7) is 1.76. The van der Waals surface area contributed by atoms with Gasteiger partial charge in [0.15, 0.2) is 0 Å². The molecule has 0 aromatic carbocycles. The van der Waals surface area contributed by atoms with Gasteiger partial charge in [-0.25, -0.2) is 0 Å². The zero-order chi connectivity index (χ0) is 13.5. The van der Waals surface area contributed by atoms with Gasteiger partial charge in [0, 0.05) is 30.0 Å². The van der Waals surface area contributed by atoms with Gasteiger partial charge in [0.05, 0.1) is 0 Å². The second-order valence-electron chi connectivity index (χ2n) is 5.80. The summed E-state index contributed by atoms with van der Waals surface area (Å²) in [5.74, 6) is 1.55. The van der Waals surface area contributed by atoms with Crippen molar-refractivity contribution in [2.24, 2.45) is 5.73 Å². The molecule has 0 aromatic heterocycles. The van der Waals surface area contributed by atoms with Gasteiger partial charge in [0.25, 0.3) is 0 Å². The fourth-order valence-electron chi connectivity index (χ4n) is 3.32. The first-order valence-electron chi connectivity index (χ1n) is 7.94. The van der Waals surface area contributed by atoms with Gasteiger partial charge >= 0.3 is 0 Å². The predicted octanol–water partition coefficient (Wildman–Crippen LogP) is 2.78. The Kier molecular flexibility index (Phi) is 6.51.